The minimum Gasteiger partial charge on any atom is -0.355 e. The Morgan fingerprint density at radius 1 is 1.60 bits per heavy atom. The summed E-state index contributed by atoms with van der Waals surface area (Å²) in [6, 6.07) is 5.30. The van der Waals surface area contributed by atoms with Crippen molar-refractivity contribution in [3.8, 4) is 12.3 Å². The fraction of sp³-hybridized carbons (Fsp3) is 0.0909. The van der Waals surface area contributed by atoms with Gasteiger partial charge in [-0.3, -0.25) is 9.89 Å². The van der Waals surface area contributed by atoms with Gasteiger partial charge in [0, 0.05) is 12.4 Å². The molecule has 0 unspecified atom stereocenters. The highest BCUT2D eigenvalue weighted by Crippen LogP contribution is 2.19. The van der Waals surface area contributed by atoms with E-state index in [-0.39, 0.29) is 5.91 Å². The molecule has 0 aliphatic rings. The second-order valence-corrected chi connectivity index (χ2v) is 3.02. The number of nitrogens with one attached hydrogen (secondary N) is 2. The van der Waals surface area contributed by atoms with E-state index < -0.39 is 0 Å². The third-order valence-electron chi connectivity index (χ3n) is 2.20. The lowest BCUT2D eigenvalue weighted by Crippen LogP contribution is -2.18. The van der Waals surface area contributed by atoms with Crippen molar-refractivity contribution in [1.82, 2.24) is 15.5 Å². The van der Waals surface area contributed by atoms with Crippen molar-refractivity contribution in [3.63, 3.8) is 0 Å². The molecule has 2 aromatic rings. The van der Waals surface area contributed by atoms with Crippen LogP contribution in [0, 0.1) is 12.3 Å². The van der Waals surface area contributed by atoms with Crippen molar-refractivity contribution in [2.45, 2.75) is 0 Å². The second kappa shape index (κ2) is 3.46. The van der Waals surface area contributed by atoms with Gasteiger partial charge in [-0.05, 0) is 12.1 Å². The molecule has 0 atom stereocenters. The summed E-state index contributed by atoms with van der Waals surface area (Å²) < 4.78 is 0. The molecule has 4 nitrogen and oxygen atoms in total. The Hall–Kier alpha value is -2.28. The van der Waals surface area contributed by atoms with E-state index in [1.54, 1.807) is 25.2 Å². The van der Waals surface area contributed by atoms with Crippen LogP contribution in [0.1, 0.15) is 16.1 Å². The molecule has 1 aromatic carbocycles. The van der Waals surface area contributed by atoms with E-state index >= 15 is 0 Å². The number of H-pyrrole nitrogens is 1. The lowest BCUT2D eigenvalue weighted by molar-refractivity contribution is 0.0964. The zero-order valence-electron chi connectivity index (χ0n) is 8.16. The van der Waals surface area contributed by atoms with Crippen molar-refractivity contribution >= 4 is 16.8 Å². The first-order valence-electron chi connectivity index (χ1n) is 4.43. The summed E-state index contributed by atoms with van der Waals surface area (Å²) in [5, 5.41) is 10.00. The zero-order chi connectivity index (χ0) is 10.8. The first-order valence-corrected chi connectivity index (χ1v) is 4.43. The molecule has 0 bridgehead atoms. The number of carbonyl (C=O) groups excluding carboxylic acids is 1. The molecule has 4 heteroatoms. The first-order chi connectivity index (χ1) is 7.27. The lowest BCUT2D eigenvalue weighted by Gasteiger charge is -2.00. The van der Waals surface area contributed by atoms with E-state index in [2.05, 4.69) is 21.4 Å². The highest BCUT2D eigenvalue weighted by atomic mass is 16.1. The summed E-state index contributed by atoms with van der Waals surface area (Å²) in [5.74, 6) is 2.30. The molecular formula is C11H9N3O. The predicted octanol–water partition coefficient (Wildman–Crippen LogP) is 0.904. The van der Waals surface area contributed by atoms with Crippen LogP contribution in [0.25, 0.3) is 10.9 Å². The van der Waals surface area contributed by atoms with Gasteiger partial charge in [0.1, 0.15) is 5.69 Å². The van der Waals surface area contributed by atoms with Crippen LogP contribution in [-0.4, -0.2) is 23.2 Å². The standard InChI is InChI=1S/C11H9N3O/c1-3-8-10-7(11(15)12-2)5-4-6-9(10)14-13-8/h1,4-6H,2H3,(H,12,15)(H,13,14). The summed E-state index contributed by atoms with van der Waals surface area (Å²) in [7, 11) is 1.58. The Labute approximate surface area is 86.7 Å². The molecule has 2 rings (SSSR count). The van der Waals surface area contributed by atoms with Crippen LogP contribution in [-0.2, 0) is 0 Å². The number of rotatable bonds is 1. The highest BCUT2D eigenvalue weighted by molar-refractivity contribution is 6.07. The zero-order valence-corrected chi connectivity index (χ0v) is 8.16. The number of carbonyl (C=O) groups is 1. The first kappa shape index (κ1) is 9.28. The number of terminal acetylenes is 1. The van der Waals surface area contributed by atoms with Gasteiger partial charge in [-0.15, -0.1) is 6.42 Å². The maximum atomic E-state index is 11.6. The average molecular weight is 199 g/mol. The Morgan fingerprint density at radius 2 is 2.40 bits per heavy atom. The van der Waals surface area contributed by atoms with Crippen LogP contribution in [0.3, 0.4) is 0 Å². The molecule has 15 heavy (non-hydrogen) atoms. The Morgan fingerprint density at radius 3 is 3.07 bits per heavy atom. The highest BCUT2D eigenvalue weighted by Gasteiger charge is 2.12. The van der Waals surface area contributed by atoms with Gasteiger partial charge in [0.05, 0.1) is 11.1 Å². The number of aromatic amines is 1. The SMILES string of the molecule is C#Cc1[nH]nc2cccc(C(=O)NC)c12. The van der Waals surface area contributed by atoms with Crippen LogP contribution >= 0.6 is 0 Å². The molecule has 0 saturated heterocycles. The molecule has 0 saturated carbocycles. The molecule has 74 valence electrons. The molecule has 0 radical (unpaired) electrons. The molecule has 0 aliphatic heterocycles. The minimum absolute atomic E-state index is 0.168. The quantitative estimate of drug-likeness (QED) is 0.670. The molecule has 1 aromatic heterocycles. The van der Waals surface area contributed by atoms with Gasteiger partial charge in [-0.25, -0.2) is 0 Å². The largest absolute Gasteiger partial charge is 0.355 e. The normalized spacial score (nSPS) is 9.87. The number of hydrogen-bond donors (Lipinski definition) is 2. The molecule has 0 spiro atoms. The summed E-state index contributed by atoms with van der Waals surface area (Å²) >= 11 is 0. The summed E-state index contributed by atoms with van der Waals surface area (Å²) in [6.45, 7) is 0. The van der Waals surface area contributed by atoms with Gasteiger partial charge >= 0.3 is 0 Å². The number of nitrogens with zero attached hydrogens (tertiary/aromatic N) is 1. The van der Waals surface area contributed by atoms with E-state index in [0.29, 0.717) is 22.2 Å². The van der Waals surface area contributed by atoms with Crippen LogP contribution < -0.4 is 5.32 Å². The van der Waals surface area contributed by atoms with Gasteiger partial charge in [-0.1, -0.05) is 12.0 Å². The molecule has 1 amide bonds. The topological polar surface area (TPSA) is 57.8 Å². The summed E-state index contributed by atoms with van der Waals surface area (Å²) in [6.07, 6.45) is 5.32. The molecule has 2 N–H and O–H groups in total. The van der Waals surface area contributed by atoms with E-state index in [4.69, 9.17) is 6.42 Å². The van der Waals surface area contributed by atoms with Gasteiger partial charge in [-0.2, -0.15) is 5.10 Å². The maximum absolute atomic E-state index is 11.6. The van der Waals surface area contributed by atoms with Crippen molar-refractivity contribution in [3.05, 3.63) is 29.5 Å². The maximum Gasteiger partial charge on any atom is 0.251 e. The Kier molecular flexibility index (Phi) is 2.14. The molecular weight excluding hydrogens is 190 g/mol. The van der Waals surface area contributed by atoms with Crippen molar-refractivity contribution < 1.29 is 4.79 Å². The van der Waals surface area contributed by atoms with Gasteiger partial charge < -0.3 is 5.32 Å². The van der Waals surface area contributed by atoms with E-state index in [0.717, 1.165) is 0 Å². The van der Waals surface area contributed by atoms with E-state index in [9.17, 15) is 4.79 Å². The molecule has 0 aliphatic carbocycles. The van der Waals surface area contributed by atoms with Gasteiger partial charge in [0.15, 0.2) is 0 Å². The number of aromatic nitrogens is 2. The van der Waals surface area contributed by atoms with Crippen molar-refractivity contribution in [1.29, 1.82) is 0 Å². The summed E-state index contributed by atoms with van der Waals surface area (Å²) in [5.41, 5.74) is 1.77. The number of fused-ring (bicyclic) bond motifs is 1. The summed E-state index contributed by atoms with van der Waals surface area (Å²) in [4.78, 5) is 11.6. The Balaban J connectivity index is 2.79. The van der Waals surface area contributed by atoms with Crippen molar-refractivity contribution in [2.24, 2.45) is 0 Å². The monoisotopic (exact) mass is 199 g/mol. The third kappa shape index (κ3) is 1.34. The van der Waals surface area contributed by atoms with E-state index in [1.165, 1.54) is 0 Å². The second-order valence-electron chi connectivity index (χ2n) is 3.02. The molecule has 0 fully saturated rings. The minimum atomic E-state index is -0.168. The number of benzene rings is 1. The van der Waals surface area contributed by atoms with Crippen LogP contribution in [0.4, 0.5) is 0 Å². The fourth-order valence-electron chi connectivity index (χ4n) is 1.50. The van der Waals surface area contributed by atoms with Crippen LogP contribution in [0.2, 0.25) is 0 Å². The third-order valence-corrected chi connectivity index (χ3v) is 2.20. The molecule has 1 heterocycles. The van der Waals surface area contributed by atoms with Crippen LogP contribution in [0.5, 0.6) is 0 Å². The predicted molar refractivity (Wildman–Crippen MR) is 57.4 cm³/mol. The van der Waals surface area contributed by atoms with Gasteiger partial charge in [0.2, 0.25) is 0 Å². The van der Waals surface area contributed by atoms with Crippen LogP contribution in [0.15, 0.2) is 18.2 Å². The smallest absolute Gasteiger partial charge is 0.251 e. The Bertz CT molecular complexity index is 563. The number of hydrogen-bond acceptors (Lipinski definition) is 2. The number of amides is 1. The van der Waals surface area contributed by atoms with E-state index in [1.807, 2.05) is 0 Å². The average Bonchev–Trinajstić information content (AvgIpc) is 2.70. The fourth-order valence-corrected chi connectivity index (χ4v) is 1.50. The van der Waals surface area contributed by atoms with Gasteiger partial charge in [0.25, 0.3) is 5.91 Å². The van der Waals surface area contributed by atoms with Crippen molar-refractivity contribution in [2.75, 3.05) is 7.05 Å². The lowest BCUT2D eigenvalue weighted by atomic mass is 10.1.